The van der Waals surface area contributed by atoms with Gasteiger partial charge in [-0.3, -0.25) is 14.7 Å². The molecular formula is C27H33F3N4O4S. The van der Waals surface area contributed by atoms with Gasteiger partial charge < -0.3 is 15.0 Å². The highest BCUT2D eigenvalue weighted by atomic mass is 32.2. The fraction of sp³-hybridized carbons (Fsp3) is 0.481. The molecule has 1 aliphatic heterocycles. The minimum Gasteiger partial charge on any atom is -0.394 e. The van der Waals surface area contributed by atoms with Crippen molar-refractivity contribution in [3.05, 3.63) is 59.5 Å². The van der Waals surface area contributed by atoms with Crippen LogP contribution in [0.15, 0.2) is 47.5 Å². The SMILES string of the molecule is CCn1c(CN2CCC(C(F)(F)F)CC2)cc2cc(C(=O)NC(CO)c3ccc(S(=O)(=O)CC)cn3)ccc21. The number of halogens is 3. The number of hydrogen-bond donors (Lipinski definition) is 2. The molecule has 0 bridgehead atoms. The molecule has 0 saturated carbocycles. The maximum Gasteiger partial charge on any atom is 0.391 e. The molecular weight excluding hydrogens is 533 g/mol. The van der Waals surface area contributed by atoms with E-state index in [-0.39, 0.29) is 23.5 Å². The van der Waals surface area contributed by atoms with Crippen molar-refractivity contribution in [2.24, 2.45) is 5.92 Å². The van der Waals surface area contributed by atoms with E-state index in [1.807, 2.05) is 24.0 Å². The molecule has 2 N–H and O–H groups in total. The number of sulfone groups is 1. The number of piperidine rings is 1. The molecule has 3 heterocycles. The van der Waals surface area contributed by atoms with Crippen LogP contribution in [0.2, 0.25) is 0 Å². The van der Waals surface area contributed by atoms with Crippen LogP contribution >= 0.6 is 0 Å². The number of nitrogens with zero attached hydrogens (tertiary/aromatic N) is 3. The Morgan fingerprint density at radius 3 is 2.44 bits per heavy atom. The van der Waals surface area contributed by atoms with Gasteiger partial charge >= 0.3 is 6.18 Å². The van der Waals surface area contributed by atoms with E-state index in [1.54, 1.807) is 12.1 Å². The largest absolute Gasteiger partial charge is 0.394 e. The number of likely N-dealkylation sites (tertiary alicyclic amines) is 1. The minimum atomic E-state index is -4.15. The van der Waals surface area contributed by atoms with Crippen LogP contribution in [0.25, 0.3) is 10.9 Å². The van der Waals surface area contributed by atoms with Gasteiger partial charge in [0.1, 0.15) is 0 Å². The summed E-state index contributed by atoms with van der Waals surface area (Å²) in [4.78, 5) is 19.3. The summed E-state index contributed by atoms with van der Waals surface area (Å²) < 4.78 is 65.2. The Balaban J connectivity index is 1.48. The number of aryl methyl sites for hydroxylation is 1. The predicted octanol–water partition coefficient (Wildman–Crippen LogP) is 4.09. The Hall–Kier alpha value is -2.96. The predicted molar refractivity (Wildman–Crippen MR) is 141 cm³/mol. The first-order chi connectivity index (χ1) is 18.5. The van der Waals surface area contributed by atoms with Gasteiger partial charge in [0.25, 0.3) is 5.91 Å². The first kappa shape index (κ1) is 29.0. The number of hydrogen-bond acceptors (Lipinski definition) is 6. The molecule has 4 rings (SSSR count). The molecule has 0 aliphatic carbocycles. The molecule has 0 spiro atoms. The van der Waals surface area contributed by atoms with Crippen LogP contribution in [-0.4, -0.2) is 65.5 Å². The van der Waals surface area contributed by atoms with E-state index in [0.29, 0.717) is 37.4 Å². The third-order valence-corrected chi connectivity index (χ3v) is 9.06. The fourth-order valence-electron chi connectivity index (χ4n) is 5.02. The van der Waals surface area contributed by atoms with E-state index >= 15 is 0 Å². The quantitative estimate of drug-likeness (QED) is 0.405. The lowest BCUT2D eigenvalue weighted by Crippen LogP contribution is -2.38. The first-order valence-corrected chi connectivity index (χ1v) is 14.6. The number of rotatable bonds is 9. The second-order valence-electron chi connectivity index (χ2n) is 9.78. The Labute approximate surface area is 225 Å². The second kappa shape index (κ2) is 11.6. The maximum absolute atomic E-state index is 13.0. The van der Waals surface area contributed by atoms with Crippen molar-refractivity contribution in [1.29, 1.82) is 0 Å². The van der Waals surface area contributed by atoms with Crippen LogP contribution in [0.5, 0.6) is 0 Å². The summed E-state index contributed by atoms with van der Waals surface area (Å²) in [6.45, 7) is 5.06. The number of carbonyl (C=O) groups is 1. The molecule has 1 amide bonds. The Morgan fingerprint density at radius 2 is 1.87 bits per heavy atom. The van der Waals surface area contributed by atoms with Crippen molar-refractivity contribution in [2.75, 3.05) is 25.4 Å². The van der Waals surface area contributed by atoms with Gasteiger partial charge in [0.2, 0.25) is 0 Å². The number of aromatic nitrogens is 2. The summed E-state index contributed by atoms with van der Waals surface area (Å²) in [5, 5.41) is 13.4. The van der Waals surface area contributed by atoms with E-state index in [0.717, 1.165) is 16.6 Å². The van der Waals surface area contributed by atoms with Gasteiger partial charge in [-0.25, -0.2) is 8.42 Å². The van der Waals surface area contributed by atoms with Crippen molar-refractivity contribution in [2.45, 2.75) is 56.9 Å². The smallest absolute Gasteiger partial charge is 0.391 e. The van der Waals surface area contributed by atoms with Gasteiger partial charge in [0.05, 0.1) is 34.9 Å². The lowest BCUT2D eigenvalue weighted by molar-refractivity contribution is -0.185. The zero-order valence-electron chi connectivity index (χ0n) is 21.9. The highest BCUT2D eigenvalue weighted by Gasteiger charge is 2.41. The maximum atomic E-state index is 13.0. The molecule has 8 nitrogen and oxygen atoms in total. The summed E-state index contributed by atoms with van der Waals surface area (Å²) >= 11 is 0. The van der Waals surface area contributed by atoms with Crippen molar-refractivity contribution in [3.63, 3.8) is 0 Å². The van der Waals surface area contributed by atoms with Crippen LogP contribution in [0, 0.1) is 5.92 Å². The van der Waals surface area contributed by atoms with Crippen molar-refractivity contribution in [1.82, 2.24) is 19.8 Å². The number of nitrogens with one attached hydrogen (secondary N) is 1. The molecule has 39 heavy (non-hydrogen) atoms. The van der Waals surface area contributed by atoms with Crippen LogP contribution in [0.3, 0.4) is 0 Å². The molecule has 1 unspecified atom stereocenters. The third-order valence-electron chi connectivity index (χ3n) is 7.34. The van der Waals surface area contributed by atoms with Crippen molar-refractivity contribution < 1.29 is 31.5 Å². The lowest BCUT2D eigenvalue weighted by atomic mass is 9.96. The van der Waals surface area contributed by atoms with Gasteiger partial charge in [0.15, 0.2) is 9.84 Å². The highest BCUT2D eigenvalue weighted by Crippen LogP contribution is 2.34. The minimum absolute atomic E-state index is 0.0608. The number of amides is 1. The molecule has 0 radical (unpaired) electrons. The molecule has 12 heteroatoms. The Bertz CT molecular complexity index is 1410. The number of aliphatic hydroxyl groups is 1. The number of pyridine rings is 1. The Kier molecular flexibility index (Phi) is 8.67. The number of carbonyl (C=O) groups excluding carboxylic acids is 1. The van der Waals surface area contributed by atoms with E-state index in [1.165, 1.54) is 25.3 Å². The van der Waals surface area contributed by atoms with Crippen LogP contribution < -0.4 is 5.32 Å². The molecule has 1 fully saturated rings. The fourth-order valence-corrected chi connectivity index (χ4v) is 5.85. The van der Waals surface area contributed by atoms with E-state index in [9.17, 15) is 31.5 Å². The molecule has 1 aromatic carbocycles. The van der Waals surface area contributed by atoms with E-state index < -0.39 is 40.5 Å². The van der Waals surface area contributed by atoms with Gasteiger partial charge in [-0.2, -0.15) is 13.2 Å². The van der Waals surface area contributed by atoms with Crippen LogP contribution in [0.1, 0.15) is 54.5 Å². The number of aliphatic hydroxyl groups excluding tert-OH is 1. The molecule has 1 saturated heterocycles. The summed E-state index contributed by atoms with van der Waals surface area (Å²) in [6.07, 6.45) is -2.74. The second-order valence-corrected chi connectivity index (χ2v) is 12.1. The molecule has 1 atom stereocenters. The standard InChI is InChI=1S/C27H33F3N4O4S/c1-3-34-21(16-33-11-9-20(10-12-33)27(28,29)30)14-19-13-18(5-8-25(19)34)26(36)32-24(17-35)23-7-6-22(15-31-23)39(37,38)4-2/h5-8,13-15,20,24,35H,3-4,9-12,16-17H2,1-2H3,(H,32,36). The molecule has 212 valence electrons. The van der Waals surface area contributed by atoms with Crippen molar-refractivity contribution >= 4 is 26.6 Å². The lowest BCUT2D eigenvalue weighted by Gasteiger charge is -2.33. The molecule has 2 aromatic heterocycles. The van der Waals surface area contributed by atoms with Crippen LogP contribution in [-0.2, 0) is 22.9 Å². The van der Waals surface area contributed by atoms with Gasteiger partial charge in [0, 0.05) is 41.4 Å². The number of alkyl halides is 3. The van der Waals surface area contributed by atoms with Gasteiger partial charge in [-0.15, -0.1) is 0 Å². The van der Waals surface area contributed by atoms with Gasteiger partial charge in [-0.1, -0.05) is 6.92 Å². The zero-order chi connectivity index (χ0) is 28.4. The topological polar surface area (TPSA) is 105 Å². The highest BCUT2D eigenvalue weighted by molar-refractivity contribution is 7.91. The van der Waals surface area contributed by atoms with Gasteiger partial charge in [-0.05, 0) is 69.3 Å². The summed E-state index contributed by atoms with van der Waals surface area (Å²) in [5.41, 5.74) is 2.59. The first-order valence-electron chi connectivity index (χ1n) is 13.0. The van der Waals surface area contributed by atoms with E-state index in [2.05, 4.69) is 14.9 Å². The zero-order valence-corrected chi connectivity index (χ0v) is 22.7. The Morgan fingerprint density at radius 1 is 1.15 bits per heavy atom. The van der Waals surface area contributed by atoms with Crippen LogP contribution in [0.4, 0.5) is 13.2 Å². The summed E-state index contributed by atoms with van der Waals surface area (Å²) in [6, 6.07) is 9.27. The average molecular weight is 567 g/mol. The normalized spacial score (nSPS) is 16.5. The third kappa shape index (κ3) is 6.44. The monoisotopic (exact) mass is 566 g/mol. The summed E-state index contributed by atoms with van der Waals surface area (Å²) in [5.74, 6) is -1.73. The molecule has 1 aliphatic rings. The number of fused-ring (bicyclic) bond motifs is 1. The number of benzene rings is 1. The van der Waals surface area contributed by atoms with Crippen molar-refractivity contribution in [3.8, 4) is 0 Å². The molecule has 3 aromatic rings. The average Bonchev–Trinajstić information content (AvgIpc) is 3.27. The van der Waals surface area contributed by atoms with E-state index in [4.69, 9.17) is 0 Å². The summed E-state index contributed by atoms with van der Waals surface area (Å²) in [7, 11) is -3.42.